The van der Waals surface area contributed by atoms with Gasteiger partial charge in [0.05, 0.1) is 11.3 Å². The summed E-state index contributed by atoms with van der Waals surface area (Å²) >= 11 is 0. The molecule has 0 atom stereocenters. The Morgan fingerprint density at radius 2 is 2.00 bits per heavy atom. The van der Waals surface area contributed by atoms with Crippen molar-refractivity contribution in [2.75, 3.05) is 6.54 Å². The first-order valence-electron chi connectivity index (χ1n) is 8.76. The number of H-pyrrole nitrogens is 1. The third-order valence-electron chi connectivity index (χ3n) is 4.89. The summed E-state index contributed by atoms with van der Waals surface area (Å²) < 4.78 is 0. The molecule has 132 valence electrons. The van der Waals surface area contributed by atoms with Crippen molar-refractivity contribution < 1.29 is 0 Å². The van der Waals surface area contributed by atoms with Gasteiger partial charge in [0.1, 0.15) is 12.2 Å². The minimum atomic E-state index is -0.0553. The fourth-order valence-corrected chi connectivity index (χ4v) is 3.40. The highest BCUT2D eigenvalue weighted by Crippen LogP contribution is 2.21. The van der Waals surface area contributed by atoms with Crippen molar-refractivity contribution >= 4 is 0 Å². The van der Waals surface area contributed by atoms with Crippen LogP contribution >= 0.6 is 0 Å². The van der Waals surface area contributed by atoms with Crippen LogP contribution in [0.25, 0.3) is 11.4 Å². The van der Waals surface area contributed by atoms with Crippen molar-refractivity contribution in [2.45, 2.75) is 33.4 Å². The van der Waals surface area contributed by atoms with Crippen LogP contribution in [-0.2, 0) is 19.5 Å². The van der Waals surface area contributed by atoms with Gasteiger partial charge < -0.3 is 4.98 Å². The van der Waals surface area contributed by atoms with Crippen molar-refractivity contribution in [3.05, 3.63) is 75.2 Å². The summed E-state index contributed by atoms with van der Waals surface area (Å²) in [6, 6.07) is 6.54. The van der Waals surface area contributed by atoms with E-state index in [1.807, 2.05) is 0 Å². The van der Waals surface area contributed by atoms with E-state index >= 15 is 0 Å². The standard InChI is InChI=1S/C20H21N5O/c1-13-3-4-14(2)15(7-13)10-25-6-5-17-18(11-25)23-19(24-20(17)26)16-8-21-12-22-9-16/h3-4,7-9,12H,5-6,10-11H2,1-2H3,(H,23,24,26). The zero-order chi connectivity index (χ0) is 18.1. The first kappa shape index (κ1) is 16.6. The molecule has 6 heteroatoms. The lowest BCUT2D eigenvalue weighted by Crippen LogP contribution is -2.35. The molecule has 0 saturated heterocycles. The van der Waals surface area contributed by atoms with Crippen molar-refractivity contribution in [1.82, 2.24) is 24.8 Å². The van der Waals surface area contributed by atoms with Crippen LogP contribution < -0.4 is 5.56 Å². The molecule has 4 rings (SSSR count). The highest BCUT2D eigenvalue weighted by molar-refractivity contribution is 5.52. The first-order chi connectivity index (χ1) is 12.6. The second-order valence-electron chi connectivity index (χ2n) is 6.86. The number of hydrogen-bond acceptors (Lipinski definition) is 5. The van der Waals surface area contributed by atoms with E-state index in [0.29, 0.717) is 18.8 Å². The maximum absolute atomic E-state index is 12.5. The number of benzene rings is 1. The second kappa shape index (κ2) is 6.80. The molecule has 6 nitrogen and oxygen atoms in total. The number of rotatable bonds is 3. The molecule has 3 heterocycles. The molecule has 1 aliphatic rings. The molecule has 2 aromatic heterocycles. The number of hydrogen-bond donors (Lipinski definition) is 1. The molecular weight excluding hydrogens is 326 g/mol. The average molecular weight is 347 g/mol. The summed E-state index contributed by atoms with van der Waals surface area (Å²) in [5, 5.41) is 0. The predicted octanol–water partition coefficient (Wildman–Crippen LogP) is 2.40. The van der Waals surface area contributed by atoms with E-state index in [1.165, 1.54) is 23.0 Å². The maximum atomic E-state index is 12.5. The molecule has 1 N–H and O–H groups in total. The van der Waals surface area contributed by atoms with Gasteiger partial charge in [0.2, 0.25) is 0 Å². The fraction of sp³-hybridized carbons (Fsp3) is 0.300. The zero-order valence-electron chi connectivity index (χ0n) is 15.0. The Hall–Kier alpha value is -2.86. The van der Waals surface area contributed by atoms with Crippen LogP contribution in [0.5, 0.6) is 0 Å². The molecule has 0 radical (unpaired) electrons. The number of nitrogens with zero attached hydrogens (tertiary/aromatic N) is 4. The van der Waals surface area contributed by atoms with Gasteiger partial charge in [0, 0.05) is 37.6 Å². The summed E-state index contributed by atoms with van der Waals surface area (Å²) in [4.78, 5) is 30.4. The van der Waals surface area contributed by atoms with Crippen LogP contribution in [0.15, 0.2) is 41.7 Å². The van der Waals surface area contributed by atoms with Gasteiger partial charge in [0.25, 0.3) is 5.56 Å². The van der Waals surface area contributed by atoms with Crippen molar-refractivity contribution in [3.63, 3.8) is 0 Å². The van der Waals surface area contributed by atoms with Gasteiger partial charge in [0.15, 0.2) is 0 Å². The largest absolute Gasteiger partial charge is 0.306 e. The molecule has 1 aromatic carbocycles. The SMILES string of the molecule is Cc1ccc(C)c(CN2CCc3c(nc(-c4cncnc4)[nH]c3=O)C2)c1. The third-order valence-corrected chi connectivity index (χ3v) is 4.89. The predicted molar refractivity (Wildman–Crippen MR) is 99.6 cm³/mol. The molecule has 0 bridgehead atoms. The summed E-state index contributed by atoms with van der Waals surface area (Å²) in [5.74, 6) is 0.530. The van der Waals surface area contributed by atoms with Crippen molar-refractivity contribution in [1.29, 1.82) is 0 Å². The summed E-state index contributed by atoms with van der Waals surface area (Å²) in [6.07, 6.45) is 5.50. The van der Waals surface area contributed by atoms with Gasteiger partial charge >= 0.3 is 0 Å². The monoisotopic (exact) mass is 347 g/mol. The quantitative estimate of drug-likeness (QED) is 0.787. The van der Waals surface area contributed by atoms with E-state index in [0.717, 1.165) is 29.9 Å². The molecule has 0 aliphatic carbocycles. The highest BCUT2D eigenvalue weighted by Gasteiger charge is 2.22. The Labute approximate surface area is 152 Å². The number of aryl methyl sites for hydroxylation is 2. The van der Waals surface area contributed by atoms with Crippen LogP contribution in [-0.4, -0.2) is 31.4 Å². The molecular formula is C20H21N5O. The van der Waals surface area contributed by atoms with Crippen LogP contribution in [0, 0.1) is 13.8 Å². The van der Waals surface area contributed by atoms with E-state index < -0.39 is 0 Å². The van der Waals surface area contributed by atoms with Crippen molar-refractivity contribution in [2.24, 2.45) is 0 Å². The fourth-order valence-electron chi connectivity index (χ4n) is 3.40. The average Bonchev–Trinajstić information content (AvgIpc) is 2.65. The third kappa shape index (κ3) is 3.28. The smallest absolute Gasteiger partial charge is 0.254 e. The molecule has 26 heavy (non-hydrogen) atoms. The number of fused-ring (bicyclic) bond motifs is 1. The molecule has 0 spiro atoms. The van der Waals surface area contributed by atoms with Gasteiger partial charge in [-0.2, -0.15) is 0 Å². The van der Waals surface area contributed by atoms with E-state index in [2.05, 4.69) is 51.9 Å². The number of aromatic amines is 1. The zero-order valence-corrected chi connectivity index (χ0v) is 15.0. The summed E-state index contributed by atoms with van der Waals surface area (Å²) in [6.45, 7) is 6.66. The number of nitrogens with one attached hydrogen (secondary N) is 1. The second-order valence-corrected chi connectivity index (χ2v) is 6.86. The Bertz CT molecular complexity index is 997. The van der Waals surface area contributed by atoms with E-state index in [9.17, 15) is 4.79 Å². The molecule has 0 saturated carbocycles. The first-order valence-corrected chi connectivity index (χ1v) is 8.76. The van der Waals surface area contributed by atoms with Gasteiger partial charge in [-0.15, -0.1) is 0 Å². The van der Waals surface area contributed by atoms with E-state index in [1.54, 1.807) is 12.4 Å². The topological polar surface area (TPSA) is 74.8 Å². The highest BCUT2D eigenvalue weighted by atomic mass is 16.1. The molecule has 3 aromatic rings. The van der Waals surface area contributed by atoms with E-state index in [-0.39, 0.29) is 5.56 Å². The van der Waals surface area contributed by atoms with Crippen LogP contribution in [0.4, 0.5) is 0 Å². The molecule has 0 unspecified atom stereocenters. The van der Waals surface area contributed by atoms with Gasteiger partial charge in [-0.3, -0.25) is 9.69 Å². The minimum Gasteiger partial charge on any atom is -0.306 e. The Morgan fingerprint density at radius 1 is 1.19 bits per heavy atom. The summed E-state index contributed by atoms with van der Waals surface area (Å²) in [7, 11) is 0. The normalized spacial score (nSPS) is 14.2. The minimum absolute atomic E-state index is 0.0553. The molecule has 0 fully saturated rings. The van der Waals surface area contributed by atoms with Crippen LogP contribution in [0.3, 0.4) is 0 Å². The Balaban J connectivity index is 1.62. The van der Waals surface area contributed by atoms with E-state index in [4.69, 9.17) is 4.98 Å². The maximum Gasteiger partial charge on any atom is 0.254 e. The molecule has 1 aliphatic heterocycles. The van der Waals surface area contributed by atoms with Crippen LogP contribution in [0.1, 0.15) is 27.9 Å². The summed E-state index contributed by atoms with van der Waals surface area (Å²) in [5.41, 5.74) is 6.20. The van der Waals surface area contributed by atoms with Crippen LogP contribution in [0.2, 0.25) is 0 Å². The Kier molecular flexibility index (Phi) is 4.34. The van der Waals surface area contributed by atoms with Gasteiger partial charge in [-0.05, 0) is 31.4 Å². The lowest BCUT2D eigenvalue weighted by Gasteiger charge is -2.28. The Morgan fingerprint density at radius 3 is 2.81 bits per heavy atom. The molecule has 0 amide bonds. The number of aromatic nitrogens is 4. The van der Waals surface area contributed by atoms with Gasteiger partial charge in [-0.1, -0.05) is 23.8 Å². The lowest BCUT2D eigenvalue weighted by molar-refractivity contribution is 0.240. The lowest BCUT2D eigenvalue weighted by atomic mass is 10.0. The van der Waals surface area contributed by atoms with Crippen molar-refractivity contribution in [3.8, 4) is 11.4 Å². The van der Waals surface area contributed by atoms with Gasteiger partial charge in [-0.25, -0.2) is 15.0 Å².